The summed E-state index contributed by atoms with van der Waals surface area (Å²) in [6.45, 7) is 6.37. The zero-order valence-electron chi connectivity index (χ0n) is 12.9. The summed E-state index contributed by atoms with van der Waals surface area (Å²) in [6, 6.07) is 0.496. The summed E-state index contributed by atoms with van der Waals surface area (Å²) in [5.74, 6) is 9.00. The Morgan fingerprint density at radius 1 is 1.25 bits per heavy atom. The third-order valence-electron chi connectivity index (χ3n) is 3.95. The van der Waals surface area contributed by atoms with Gasteiger partial charge in [-0.2, -0.15) is 0 Å². The molecule has 20 heavy (non-hydrogen) atoms. The first-order chi connectivity index (χ1) is 9.67. The molecule has 1 aliphatic rings. The van der Waals surface area contributed by atoms with E-state index in [1.165, 1.54) is 19.3 Å². The third-order valence-corrected chi connectivity index (χ3v) is 3.95. The van der Waals surface area contributed by atoms with Gasteiger partial charge < -0.3 is 10.7 Å². The largest absolute Gasteiger partial charge is 0.367 e. The van der Waals surface area contributed by atoms with E-state index in [1.807, 2.05) is 6.92 Å². The predicted octanol–water partition coefficient (Wildman–Crippen LogP) is 3.01. The number of nitrogens with one attached hydrogen (secondary N) is 2. The zero-order chi connectivity index (χ0) is 14.5. The maximum Gasteiger partial charge on any atom is 0.148 e. The summed E-state index contributed by atoms with van der Waals surface area (Å²) in [7, 11) is 0. The maximum atomic E-state index is 5.57. The minimum Gasteiger partial charge on any atom is -0.367 e. The number of aromatic nitrogens is 2. The molecule has 5 heteroatoms. The molecule has 1 aliphatic carbocycles. The molecule has 1 aromatic heterocycles. The summed E-state index contributed by atoms with van der Waals surface area (Å²) in [5, 5.41) is 3.60. The topological polar surface area (TPSA) is 75.9 Å². The highest BCUT2D eigenvalue weighted by atomic mass is 15.3. The van der Waals surface area contributed by atoms with Crippen LogP contribution in [0.2, 0.25) is 0 Å². The average molecular weight is 277 g/mol. The highest BCUT2D eigenvalue weighted by Gasteiger charge is 2.25. The van der Waals surface area contributed by atoms with Crippen molar-refractivity contribution in [2.75, 3.05) is 10.7 Å². The number of nitrogens with two attached hydrogens (primary N) is 1. The molecule has 5 nitrogen and oxygen atoms in total. The second-order valence-electron chi connectivity index (χ2n) is 5.78. The fraction of sp³-hybridized carbons (Fsp3) is 0.733. The first-order valence-corrected chi connectivity index (χ1v) is 7.78. The molecule has 0 bridgehead atoms. The Kier molecular flexibility index (Phi) is 5.17. The molecular weight excluding hydrogens is 250 g/mol. The van der Waals surface area contributed by atoms with E-state index in [4.69, 9.17) is 5.84 Å². The van der Waals surface area contributed by atoms with Crippen molar-refractivity contribution in [2.45, 2.75) is 65.3 Å². The number of hydrogen-bond acceptors (Lipinski definition) is 5. The Balaban J connectivity index is 2.16. The van der Waals surface area contributed by atoms with Crippen LogP contribution in [0.3, 0.4) is 0 Å². The lowest BCUT2D eigenvalue weighted by atomic mass is 10.1. The van der Waals surface area contributed by atoms with Gasteiger partial charge in [-0.1, -0.05) is 26.7 Å². The van der Waals surface area contributed by atoms with Gasteiger partial charge in [0.15, 0.2) is 0 Å². The molecule has 1 heterocycles. The maximum absolute atomic E-state index is 5.57. The molecule has 1 fully saturated rings. The van der Waals surface area contributed by atoms with Crippen LogP contribution in [-0.4, -0.2) is 16.0 Å². The Morgan fingerprint density at radius 3 is 2.50 bits per heavy atom. The van der Waals surface area contributed by atoms with Crippen molar-refractivity contribution in [2.24, 2.45) is 11.8 Å². The van der Waals surface area contributed by atoms with Crippen molar-refractivity contribution in [3.8, 4) is 0 Å². The van der Waals surface area contributed by atoms with Crippen LogP contribution in [0.25, 0.3) is 0 Å². The summed E-state index contributed by atoms with van der Waals surface area (Å²) >= 11 is 0. The molecular formula is C15H27N5. The van der Waals surface area contributed by atoms with Gasteiger partial charge in [-0.3, -0.25) is 0 Å². The summed E-state index contributed by atoms with van der Waals surface area (Å²) in [5.41, 5.74) is 3.69. The van der Waals surface area contributed by atoms with Crippen molar-refractivity contribution in [3.63, 3.8) is 0 Å². The molecule has 112 valence electrons. The first-order valence-electron chi connectivity index (χ1n) is 7.78. The van der Waals surface area contributed by atoms with Crippen molar-refractivity contribution >= 4 is 11.6 Å². The van der Waals surface area contributed by atoms with Crippen molar-refractivity contribution in [3.05, 3.63) is 11.4 Å². The molecule has 0 amide bonds. The SMILES string of the molecule is CCCc1nc(NN)c(C)c(NC(CC)CC2CC2)n1. The van der Waals surface area contributed by atoms with Gasteiger partial charge in [0.2, 0.25) is 0 Å². The normalized spacial score (nSPS) is 16.0. The van der Waals surface area contributed by atoms with E-state index >= 15 is 0 Å². The van der Waals surface area contributed by atoms with E-state index < -0.39 is 0 Å². The van der Waals surface area contributed by atoms with Gasteiger partial charge in [0.1, 0.15) is 17.5 Å². The summed E-state index contributed by atoms with van der Waals surface area (Å²) in [6.07, 6.45) is 7.05. The van der Waals surface area contributed by atoms with Crippen molar-refractivity contribution in [1.82, 2.24) is 9.97 Å². The second-order valence-corrected chi connectivity index (χ2v) is 5.78. The molecule has 1 saturated carbocycles. The second kappa shape index (κ2) is 6.88. The van der Waals surface area contributed by atoms with E-state index in [0.717, 1.165) is 48.2 Å². The van der Waals surface area contributed by atoms with Crippen LogP contribution in [0, 0.1) is 12.8 Å². The van der Waals surface area contributed by atoms with Crippen LogP contribution >= 0.6 is 0 Å². The minimum absolute atomic E-state index is 0.496. The number of nitrogen functional groups attached to an aromatic ring is 1. The third kappa shape index (κ3) is 3.82. The Labute approximate surface area is 121 Å². The highest BCUT2D eigenvalue weighted by molar-refractivity contribution is 5.57. The first kappa shape index (κ1) is 15.0. The molecule has 0 saturated heterocycles. The molecule has 1 atom stereocenters. The lowest BCUT2D eigenvalue weighted by molar-refractivity contribution is 0.584. The molecule has 2 rings (SSSR count). The minimum atomic E-state index is 0.496. The number of hydrogen-bond donors (Lipinski definition) is 3. The van der Waals surface area contributed by atoms with Gasteiger partial charge in [0.05, 0.1) is 0 Å². The number of aryl methyl sites for hydroxylation is 1. The fourth-order valence-corrected chi connectivity index (χ4v) is 2.46. The van der Waals surface area contributed by atoms with Gasteiger partial charge in [-0.15, -0.1) is 0 Å². The molecule has 1 unspecified atom stereocenters. The average Bonchev–Trinajstić information content (AvgIpc) is 3.25. The van der Waals surface area contributed by atoms with Crippen LogP contribution in [-0.2, 0) is 6.42 Å². The predicted molar refractivity (Wildman–Crippen MR) is 83.6 cm³/mol. The number of anilines is 2. The van der Waals surface area contributed by atoms with Gasteiger partial charge in [0, 0.05) is 18.0 Å². The molecule has 1 aromatic rings. The number of nitrogens with zero attached hydrogens (tertiary/aromatic N) is 2. The molecule has 0 radical (unpaired) electrons. The molecule has 0 aliphatic heterocycles. The quantitative estimate of drug-likeness (QED) is 0.503. The van der Waals surface area contributed by atoms with Crippen LogP contribution in [0.4, 0.5) is 11.6 Å². The van der Waals surface area contributed by atoms with E-state index in [9.17, 15) is 0 Å². The van der Waals surface area contributed by atoms with Crippen LogP contribution in [0.15, 0.2) is 0 Å². The van der Waals surface area contributed by atoms with E-state index in [-0.39, 0.29) is 0 Å². The smallest absolute Gasteiger partial charge is 0.148 e. The number of rotatable bonds is 8. The Bertz CT molecular complexity index is 442. The molecule has 0 spiro atoms. The lowest BCUT2D eigenvalue weighted by Crippen LogP contribution is -2.22. The van der Waals surface area contributed by atoms with Crippen LogP contribution in [0.1, 0.15) is 57.3 Å². The van der Waals surface area contributed by atoms with Crippen molar-refractivity contribution in [1.29, 1.82) is 0 Å². The van der Waals surface area contributed by atoms with Crippen molar-refractivity contribution < 1.29 is 0 Å². The lowest BCUT2D eigenvalue weighted by Gasteiger charge is -2.20. The van der Waals surface area contributed by atoms with E-state index in [0.29, 0.717) is 6.04 Å². The Morgan fingerprint density at radius 2 is 1.95 bits per heavy atom. The molecule has 4 N–H and O–H groups in total. The fourth-order valence-electron chi connectivity index (χ4n) is 2.46. The summed E-state index contributed by atoms with van der Waals surface area (Å²) in [4.78, 5) is 9.13. The van der Waals surface area contributed by atoms with Gasteiger partial charge in [-0.25, -0.2) is 15.8 Å². The number of hydrazine groups is 1. The van der Waals surface area contributed by atoms with E-state index in [1.54, 1.807) is 0 Å². The van der Waals surface area contributed by atoms with Crippen LogP contribution < -0.4 is 16.6 Å². The standard InChI is InChI=1S/C15H27N5/c1-4-6-13-18-14(10(3)15(19-13)20-16)17-12(5-2)9-11-7-8-11/h11-12H,4-9,16H2,1-3H3,(H2,17,18,19,20). The van der Waals surface area contributed by atoms with Gasteiger partial charge in [-0.05, 0) is 32.1 Å². The monoisotopic (exact) mass is 277 g/mol. The van der Waals surface area contributed by atoms with Gasteiger partial charge in [0.25, 0.3) is 0 Å². The van der Waals surface area contributed by atoms with E-state index in [2.05, 4.69) is 34.6 Å². The molecule has 0 aromatic carbocycles. The summed E-state index contributed by atoms with van der Waals surface area (Å²) < 4.78 is 0. The zero-order valence-corrected chi connectivity index (χ0v) is 12.9. The highest BCUT2D eigenvalue weighted by Crippen LogP contribution is 2.35. The van der Waals surface area contributed by atoms with Crippen LogP contribution in [0.5, 0.6) is 0 Å². The Hall–Kier alpha value is -1.36. The van der Waals surface area contributed by atoms with Gasteiger partial charge >= 0.3 is 0 Å².